The van der Waals surface area contributed by atoms with Gasteiger partial charge in [0, 0.05) is 58.5 Å². The zero-order valence-electron chi connectivity index (χ0n) is 30.5. The zero-order valence-corrected chi connectivity index (χ0v) is 31.4. The van der Waals surface area contributed by atoms with Crippen molar-refractivity contribution in [1.29, 1.82) is 0 Å². The number of benzene rings is 8. The van der Waals surface area contributed by atoms with E-state index in [4.69, 9.17) is 15.0 Å². The van der Waals surface area contributed by atoms with Crippen molar-refractivity contribution < 1.29 is 0 Å². The van der Waals surface area contributed by atoms with Gasteiger partial charge in [-0.1, -0.05) is 127 Å². The number of rotatable bonds is 5. The fourth-order valence-corrected chi connectivity index (χ4v) is 9.74. The summed E-state index contributed by atoms with van der Waals surface area (Å²) in [7, 11) is 0. The van der Waals surface area contributed by atoms with Gasteiger partial charge in [-0.3, -0.25) is 4.57 Å². The lowest BCUT2D eigenvalue weighted by Crippen LogP contribution is -2.06. The summed E-state index contributed by atoms with van der Waals surface area (Å²) in [5, 5.41) is 7.45. The van der Waals surface area contributed by atoms with E-state index in [2.05, 4.69) is 137 Å². The molecule has 0 aliphatic rings. The second kappa shape index (κ2) is 12.6. The predicted molar refractivity (Wildman–Crippen MR) is 238 cm³/mol. The average Bonchev–Trinajstić information content (AvgIpc) is 3.94. The van der Waals surface area contributed by atoms with Crippen LogP contribution in [0.3, 0.4) is 0 Å². The maximum atomic E-state index is 5.12. The minimum atomic E-state index is 0.587. The molecule has 0 amide bonds. The van der Waals surface area contributed by atoms with E-state index < -0.39 is 0 Å². The molecular formula is C51H31N5S. The predicted octanol–water partition coefficient (Wildman–Crippen LogP) is 13.4. The highest BCUT2D eigenvalue weighted by Crippen LogP contribution is 2.44. The summed E-state index contributed by atoms with van der Waals surface area (Å²) >= 11 is 1.87. The van der Waals surface area contributed by atoms with Crippen LogP contribution in [0.4, 0.5) is 0 Å². The highest BCUT2D eigenvalue weighted by Gasteiger charge is 2.21. The number of fused-ring (bicyclic) bond motifs is 10. The quantitative estimate of drug-likeness (QED) is 0.176. The minimum Gasteiger partial charge on any atom is -0.309 e. The summed E-state index contributed by atoms with van der Waals surface area (Å²) in [6, 6.07) is 66.7. The van der Waals surface area contributed by atoms with Gasteiger partial charge >= 0.3 is 0 Å². The van der Waals surface area contributed by atoms with E-state index >= 15 is 0 Å². The summed E-state index contributed by atoms with van der Waals surface area (Å²) in [4.78, 5) is 15.2. The van der Waals surface area contributed by atoms with E-state index in [1.165, 1.54) is 47.5 Å². The number of para-hydroxylation sites is 2. The van der Waals surface area contributed by atoms with Gasteiger partial charge in [0.2, 0.25) is 5.95 Å². The first-order valence-electron chi connectivity index (χ1n) is 19.1. The van der Waals surface area contributed by atoms with Crippen molar-refractivity contribution in [3.63, 3.8) is 0 Å². The molecular weight excluding hydrogens is 715 g/mol. The van der Waals surface area contributed by atoms with Gasteiger partial charge in [-0.15, -0.1) is 11.3 Å². The fraction of sp³-hybridized carbons (Fsp3) is 0. The van der Waals surface area contributed by atoms with Crippen LogP contribution in [0.2, 0.25) is 0 Å². The number of hydrogen-bond acceptors (Lipinski definition) is 4. The maximum absolute atomic E-state index is 5.12. The molecule has 5 nitrogen and oxygen atoms in total. The Morgan fingerprint density at radius 1 is 0.333 bits per heavy atom. The van der Waals surface area contributed by atoms with E-state index in [1.807, 2.05) is 72.0 Å². The standard InChI is InChI=1S/C51H31N5S/c1-4-14-32(15-5-1)49-52-50(33-16-6-2-7-17-33)54-51(53-49)56-41-22-12-10-20-37(41)39-30-34(24-26-42(39)56)35-25-27-43-40(31-35)47-44(55(43)36-18-8-3-9-19-36)28-29-46-48(47)38-21-11-13-23-45(38)57-46/h1-31H. The van der Waals surface area contributed by atoms with Gasteiger partial charge in [-0.05, 0) is 71.8 Å². The molecule has 266 valence electrons. The molecule has 8 aromatic carbocycles. The third kappa shape index (κ3) is 4.98. The minimum absolute atomic E-state index is 0.587. The topological polar surface area (TPSA) is 48.5 Å². The molecule has 0 aliphatic heterocycles. The zero-order chi connectivity index (χ0) is 37.5. The van der Waals surface area contributed by atoms with Crippen molar-refractivity contribution in [3.05, 3.63) is 188 Å². The molecule has 6 heteroatoms. The third-order valence-corrected chi connectivity index (χ3v) is 12.3. The number of hydrogen-bond donors (Lipinski definition) is 0. The molecule has 0 aliphatic carbocycles. The van der Waals surface area contributed by atoms with E-state index in [0.29, 0.717) is 17.6 Å². The van der Waals surface area contributed by atoms with Crippen molar-refractivity contribution in [3.8, 4) is 45.5 Å². The van der Waals surface area contributed by atoms with E-state index in [0.717, 1.165) is 44.2 Å². The lowest BCUT2D eigenvalue weighted by atomic mass is 9.99. The summed E-state index contributed by atoms with van der Waals surface area (Å²) in [5.74, 6) is 1.86. The molecule has 57 heavy (non-hydrogen) atoms. The molecule has 0 saturated heterocycles. The van der Waals surface area contributed by atoms with Crippen LogP contribution in [0.15, 0.2) is 188 Å². The Bertz CT molecular complexity index is 3450. The molecule has 0 bridgehead atoms. The molecule has 4 aromatic heterocycles. The average molecular weight is 746 g/mol. The smallest absolute Gasteiger partial charge is 0.238 e. The van der Waals surface area contributed by atoms with Gasteiger partial charge in [-0.25, -0.2) is 4.98 Å². The van der Waals surface area contributed by atoms with E-state index in [-0.39, 0.29) is 0 Å². The molecule has 0 spiro atoms. The van der Waals surface area contributed by atoms with Crippen molar-refractivity contribution in [2.75, 3.05) is 0 Å². The summed E-state index contributed by atoms with van der Waals surface area (Å²) in [5.41, 5.74) is 9.85. The van der Waals surface area contributed by atoms with Gasteiger partial charge in [0.05, 0.1) is 22.1 Å². The third-order valence-electron chi connectivity index (χ3n) is 11.2. The molecule has 0 atom stereocenters. The lowest BCUT2D eigenvalue weighted by Gasteiger charge is -2.11. The molecule has 12 rings (SSSR count). The summed E-state index contributed by atoms with van der Waals surface area (Å²) in [6.45, 7) is 0. The van der Waals surface area contributed by atoms with Crippen molar-refractivity contribution in [1.82, 2.24) is 24.1 Å². The fourth-order valence-electron chi connectivity index (χ4n) is 8.63. The van der Waals surface area contributed by atoms with Crippen LogP contribution in [-0.2, 0) is 0 Å². The van der Waals surface area contributed by atoms with Crippen molar-refractivity contribution in [2.45, 2.75) is 0 Å². The number of nitrogens with zero attached hydrogens (tertiary/aromatic N) is 5. The monoisotopic (exact) mass is 745 g/mol. The lowest BCUT2D eigenvalue weighted by molar-refractivity contribution is 0.953. The van der Waals surface area contributed by atoms with Crippen LogP contribution < -0.4 is 0 Å². The van der Waals surface area contributed by atoms with Crippen molar-refractivity contribution in [2.24, 2.45) is 0 Å². The van der Waals surface area contributed by atoms with Crippen LogP contribution in [0.25, 0.3) is 109 Å². The Hall–Kier alpha value is -7.41. The second-order valence-electron chi connectivity index (χ2n) is 14.4. The van der Waals surface area contributed by atoms with Gasteiger partial charge < -0.3 is 4.57 Å². The molecule has 0 radical (unpaired) electrons. The van der Waals surface area contributed by atoms with E-state index in [1.54, 1.807) is 0 Å². The van der Waals surface area contributed by atoms with Crippen LogP contribution >= 0.6 is 11.3 Å². The van der Waals surface area contributed by atoms with Gasteiger partial charge in [0.25, 0.3) is 0 Å². The maximum Gasteiger partial charge on any atom is 0.238 e. The number of thiophene rings is 1. The normalized spacial score (nSPS) is 11.9. The Balaban J connectivity index is 1.09. The van der Waals surface area contributed by atoms with Crippen LogP contribution in [0.5, 0.6) is 0 Å². The molecule has 4 heterocycles. The molecule has 0 fully saturated rings. The van der Waals surface area contributed by atoms with Gasteiger partial charge in [0.1, 0.15) is 0 Å². The highest BCUT2D eigenvalue weighted by atomic mass is 32.1. The first-order valence-corrected chi connectivity index (χ1v) is 19.9. The SMILES string of the molecule is c1ccc(-c2nc(-c3ccccc3)nc(-n3c4ccccc4c4cc(-c5ccc6c(c5)c5c7c(ccc5n6-c5ccccc5)sc5ccccc57)ccc43)n2)cc1. The molecule has 12 aromatic rings. The van der Waals surface area contributed by atoms with E-state index in [9.17, 15) is 0 Å². The van der Waals surface area contributed by atoms with Crippen LogP contribution in [0.1, 0.15) is 0 Å². The van der Waals surface area contributed by atoms with Gasteiger partial charge in [0.15, 0.2) is 11.6 Å². The highest BCUT2D eigenvalue weighted by molar-refractivity contribution is 7.26. The molecule has 0 unspecified atom stereocenters. The summed E-state index contributed by atoms with van der Waals surface area (Å²) < 4.78 is 7.21. The van der Waals surface area contributed by atoms with Crippen molar-refractivity contribution >= 4 is 75.1 Å². The Morgan fingerprint density at radius 3 is 1.58 bits per heavy atom. The van der Waals surface area contributed by atoms with Crippen LogP contribution in [0, 0.1) is 0 Å². The first kappa shape index (κ1) is 31.9. The second-order valence-corrected chi connectivity index (χ2v) is 15.5. The first-order chi connectivity index (χ1) is 28.3. The van der Waals surface area contributed by atoms with Crippen LogP contribution in [-0.4, -0.2) is 24.1 Å². The molecule has 0 N–H and O–H groups in total. The Kier molecular flexibility index (Phi) is 7.03. The Morgan fingerprint density at radius 2 is 0.877 bits per heavy atom. The van der Waals surface area contributed by atoms with Gasteiger partial charge in [-0.2, -0.15) is 9.97 Å². The molecule has 0 saturated carbocycles. The Labute approximate surface area is 331 Å². The largest absolute Gasteiger partial charge is 0.309 e. The number of aromatic nitrogens is 5. The summed E-state index contributed by atoms with van der Waals surface area (Å²) in [6.07, 6.45) is 0.